The molecule has 10 heteroatoms. The van der Waals surface area contributed by atoms with E-state index in [9.17, 15) is 20.2 Å². The minimum Gasteiger partial charge on any atom is -0.277 e. The molecule has 0 spiro atoms. The summed E-state index contributed by atoms with van der Waals surface area (Å²) in [5, 5.41) is 22.3. The number of benzene rings is 4. The molecule has 4 aromatic carbocycles. The third-order valence-corrected chi connectivity index (χ3v) is 5.92. The molecule has 1 aliphatic rings. The third-order valence-electron chi connectivity index (χ3n) is 5.92. The van der Waals surface area contributed by atoms with Crippen molar-refractivity contribution in [2.75, 3.05) is 4.90 Å². The number of non-ortho nitro benzene ring substituents is 2. The Kier molecular flexibility index (Phi) is 6.85. The summed E-state index contributed by atoms with van der Waals surface area (Å²) in [7, 11) is 0. The average molecular weight is 507 g/mol. The van der Waals surface area contributed by atoms with Crippen molar-refractivity contribution in [3.05, 3.63) is 141 Å². The molecule has 5 rings (SSSR count). The fourth-order valence-corrected chi connectivity index (χ4v) is 4.01. The topological polar surface area (TPSA) is 117 Å². The van der Waals surface area contributed by atoms with Crippen LogP contribution in [0.4, 0.5) is 22.7 Å². The van der Waals surface area contributed by atoms with Gasteiger partial charge in [-0.1, -0.05) is 60.7 Å². The SMILES string of the molecule is O=[N+]([O-])c1ccc(N=C2N(Cc3ccccc3)C(=NCc3ccccc3)N2c2ccc([N+](=O)[O-])cc2)cc1. The second kappa shape index (κ2) is 10.7. The van der Waals surface area contributed by atoms with Gasteiger partial charge in [0.15, 0.2) is 0 Å². The first-order valence-corrected chi connectivity index (χ1v) is 11.8. The molecule has 0 aliphatic carbocycles. The molecule has 1 aliphatic heterocycles. The summed E-state index contributed by atoms with van der Waals surface area (Å²) >= 11 is 0. The van der Waals surface area contributed by atoms with Crippen LogP contribution < -0.4 is 4.90 Å². The molecule has 0 N–H and O–H groups in total. The van der Waals surface area contributed by atoms with Gasteiger partial charge in [0, 0.05) is 24.3 Å². The van der Waals surface area contributed by atoms with Crippen LogP contribution in [0.1, 0.15) is 11.1 Å². The molecule has 0 aromatic heterocycles. The van der Waals surface area contributed by atoms with Crippen LogP contribution in [0.3, 0.4) is 0 Å². The summed E-state index contributed by atoms with van der Waals surface area (Å²) in [6.45, 7) is 0.916. The predicted molar refractivity (Wildman–Crippen MR) is 145 cm³/mol. The van der Waals surface area contributed by atoms with E-state index < -0.39 is 9.85 Å². The summed E-state index contributed by atoms with van der Waals surface area (Å²) in [4.78, 5) is 34.9. The first-order chi connectivity index (χ1) is 18.5. The number of aliphatic imine (C=N–C) groups is 2. The van der Waals surface area contributed by atoms with Crippen LogP contribution in [0.25, 0.3) is 0 Å². The zero-order valence-electron chi connectivity index (χ0n) is 20.1. The van der Waals surface area contributed by atoms with E-state index in [2.05, 4.69) is 0 Å². The fraction of sp³-hybridized carbons (Fsp3) is 0.0714. The molecule has 0 amide bonds. The van der Waals surface area contributed by atoms with Gasteiger partial charge in [0.2, 0.25) is 11.9 Å². The number of rotatable bonds is 8. The number of guanidine groups is 2. The van der Waals surface area contributed by atoms with Gasteiger partial charge in [-0.15, -0.1) is 0 Å². The molecule has 1 fully saturated rings. The Morgan fingerprint density at radius 1 is 0.632 bits per heavy atom. The van der Waals surface area contributed by atoms with Crippen molar-refractivity contribution < 1.29 is 9.85 Å². The van der Waals surface area contributed by atoms with Crippen LogP contribution >= 0.6 is 0 Å². The number of anilines is 1. The molecule has 10 nitrogen and oxygen atoms in total. The van der Waals surface area contributed by atoms with Gasteiger partial charge >= 0.3 is 0 Å². The zero-order chi connectivity index (χ0) is 26.5. The highest BCUT2D eigenvalue weighted by molar-refractivity contribution is 6.32. The van der Waals surface area contributed by atoms with Crippen molar-refractivity contribution in [1.82, 2.24) is 4.90 Å². The smallest absolute Gasteiger partial charge is 0.269 e. The van der Waals surface area contributed by atoms with Gasteiger partial charge < -0.3 is 0 Å². The highest BCUT2D eigenvalue weighted by atomic mass is 16.6. The molecule has 0 unspecified atom stereocenters. The van der Waals surface area contributed by atoms with Crippen molar-refractivity contribution in [2.45, 2.75) is 13.1 Å². The van der Waals surface area contributed by atoms with Crippen molar-refractivity contribution in [3.8, 4) is 0 Å². The molecule has 0 bridgehead atoms. The molecule has 1 heterocycles. The number of hydrogen-bond donors (Lipinski definition) is 0. The molecule has 0 atom stereocenters. The van der Waals surface area contributed by atoms with Gasteiger partial charge in [-0.05, 0) is 35.4 Å². The van der Waals surface area contributed by atoms with Gasteiger partial charge in [0.25, 0.3) is 11.4 Å². The van der Waals surface area contributed by atoms with Gasteiger partial charge in [-0.25, -0.2) is 14.9 Å². The monoisotopic (exact) mass is 506 g/mol. The molecule has 0 radical (unpaired) electrons. The van der Waals surface area contributed by atoms with E-state index in [-0.39, 0.29) is 11.4 Å². The van der Waals surface area contributed by atoms with Crippen LogP contribution in [0.5, 0.6) is 0 Å². The van der Waals surface area contributed by atoms with Crippen molar-refractivity contribution in [3.63, 3.8) is 0 Å². The van der Waals surface area contributed by atoms with E-state index in [1.54, 1.807) is 24.3 Å². The Morgan fingerprint density at radius 3 is 1.71 bits per heavy atom. The molecule has 38 heavy (non-hydrogen) atoms. The molecule has 1 saturated heterocycles. The minimum absolute atomic E-state index is 0.0213. The lowest BCUT2D eigenvalue weighted by atomic mass is 10.2. The second-order valence-electron chi connectivity index (χ2n) is 8.47. The Bertz CT molecular complexity index is 1510. The maximum Gasteiger partial charge on any atom is 0.269 e. The second-order valence-corrected chi connectivity index (χ2v) is 8.47. The van der Waals surface area contributed by atoms with E-state index in [1.165, 1.54) is 24.3 Å². The lowest BCUT2D eigenvalue weighted by Crippen LogP contribution is -2.65. The van der Waals surface area contributed by atoms with E-state index in [0.717, 1.165) is 11.1 Å². The van der Waals surface area contributed by atoms with E-state index >= 15 is 0 Å². The van der Waals surface area contributed by atoms with Crippen LogP contribution in [0.2, 0.25) is 0 Å². The molecular weight excluding hydrogens is 484 g/mol. The Balaban J connectivity index is 1.57. The number of nitrogens with zero attached hydrogens (tertiary/aromatic N) is 6. The molecule has 188 valence electrons. The van der Waals surface area contributed by atoms with Gasteiger partial charge in [0.1, 0.15) is 0 Å². The highest BCUT2D eigenvalue weighted by Gasteiger charge is 2.40. The fourth-order valence-electron chi connectivity index (χ4n) is 4.01. The van der Waals surface area contributed by atoms with Crippen LogP contribution in [0, 0.1) is 20.2 Å². The minimum atomic E-state index is -0.459. The van der Waals surface area contributed by atoms with E-state index in [1.807, 2.05) is 70.5 Å². The first kappa shape index (κ1) is 24.3. The van der Waals surface area contributed by atoms with Crippen molar-refractivity contribution in [2.24, 2.45) is 9.98 Å². The average Bonchev–Trinajstić information content (AvgIpc) is 2.94. The summed E-state index contributed by atoms with van der Waals surface area (Å²) < 4.78 is 0. The maximum atomic E-state index is 11.2. The van der Waals surface area contributed by atoms with Crippen molar-refractivity contribution >= 4 is 34.7 Å². The maximum absolute atomic E-state index is 11.2. The van der Waals surface area contributed by atoms with Crippen molar-refractivity contribution in [1.29, 1.82) is 0 Å². The lowest BCUT2D eigenvalue weighted by Gasteiger charge is -2.46. The number of hydrogen-bond acceptors (Lipinski definition) is 6. The van der Waals surface area contributed by atoms with Crippen LogP contribution in [-0.4, -0.2) is 26.7 Å². The lowest BCUT2D eigenvalue weighted by molar-refractivity contribution is -0.385. The normalized spacial score (nSPS) is 14.9. The van der Waals surface area contributed by atoms with Gasteiger partial charge in [0.05, 0.1) is 34.3 Å². The summed E-state index contributed by atoms with van der Waals surface area (Å²) in [6.07, 6.45) is 0. The van der Waals surface area contributed by atoms with Crippen LogP contribution in [0.15, 0.2) is 119 Å². The zero-order valence-corrected chi connectivity index (χ0v) is 20.1. The quantitative estimate of drug-likeness (QED) is 0.211. The largest absolute Gasteiger partial charge is 0.277 e. The molecule has 0 saturated carbocycles. The van der Waals surface area contributed by atoms with Gasteiger partial charge in [-0.3, -0.25) is 25.1 Å². The first-order valence-electron chi connectivity index (χ1n) is 11.8. The molecular formula is C28H22N6O4. The summed E-state index contributed by atoms with van der Waals surface area (Å²) in [5.41, 5.74) is 3.21. The Hall–Kier alpha value is -5.38. The predicted octanol–water partition coefficient (Wildman–Crippen LogP) is 6.07. The summed E-state index contributed by atoms with van der Waals surface area (Å²) in [6, 6.07) is 31.9. The number of nitro benzene ring substituents is 2. The Morgan fingerprint density at radius 2 is 1.16 bits per heavy atom. The highest BCUT2D eigenvalue weighted by Crippen LogP contribution is 2.31. The third kappa shape index (κ3) is 5.24. The Labute approximate surface area is 218 Å². The molecule has 4 aromatic rings. The van der Waals surface area contributed by atoms with E-state index in [4.69, 9.17) is 9.98 Å². The van der Waals surface area contributed by atoms with Crippen LogP contribution in [-0.2, 0) is 13.1 Å². The van der Waals surface area contributed by atoms with Gasteiger partial charge in [-0.2, -0.15) is 0 Å². The number of nitro groups is 2. The van der Waals surface area contributed by atoms with E-state index in [0.29, 0.717) is 36.4 Å². The summed E-state index contributed by atoms with van der Waals surface area (Å²) in [5.74, 6) is 1.18. The standard InChI is InChI=1S/C28H22N6O4/c35-33(36)25-13-11-23(12-14-25)30-28-31(20-22-9-5-2-6-10-22)27(29-19-21-7-3-1-4-8-21)32(28)24-15-17-26(18-16-24)34(37)38/h1-18H,19-20H2.